The van der Waals surface area contributed by atoms with Gasteiger partial charge in [-0.25, -0.2) is 0 Å². The Hall–Kier alpha value is -2.44. The summed E-state index contributed by atoms with van der Waals surface area (Å²) in [5.41, 5.74) is 0.338. The molecule has 1 aromatic carbocycles. The van der Waals surface area contributed by atoms with Crippen molar-refractivity contribution in [3.8, 4) is 17.5 Å². The van der Waals surface area contributed by atoms with E-state index < -0.39 is 11.0 Å². The number of nitro benzene ring substituents is 1. The van der Waals surface area contributed by atoms with E-state index >= 15 is 0 Å². The number of benzene rings is 1. The van der Waals surface area contributed by atoms with Crippen LogP contribution in [0, 0.1) is 10.1 Å². The van der Waals surface area contributed by atoms with E-state index in [9.17, 15) is 10.1 Å². The minimum Gasteiger partial charge on any atom is -0.464 e. The molecule has 0 spiro atoms. The van der Waals surface area contributed by atoms with Crippen molar-refractivity contribution in [2.75, 3.05) is 0 Å². The molecule has 0 atom stereocenters. The fraction of sp³-hybridized carbons (Fsp3) is 0. The van der Waals surface area contributed by atoms with E-state index in [-0.39, 0.29) is 11.5 Å². The quantitative estimate of drug-likeness (QED) is 0.588. The minimum atomic E-state index is -0.573. The molecule has 2 rings (SSSR count). The second-order valence-electron chi connectivity index (χ2n) is 2.71. The van der Waals surface area contributed by atoms with Gasteiger partial charge in [-0.3, -0.25) is 14.6 Å². The molecule has 1 N–H and O–H groups in total. The van der Waals surface area contributed by atoms with E-state index in [0.29, 0.717) is 5.56 Å². The number of nitro groups is 1. The highest BCUT2D eigenvalue weighted by molar-refractivity contribution is 5.58. The first-order chi connectivity index (χ1) is 7.16. The third kappa shape index (κ3) is 1.75. The molecule has 0 radical (unpaired) electrons. The second-order valence-corrected chi connectivity index (χ2v) is 2.71. The van der Waals surface area contributed by atoms with Gasteiger partial charge in [0.1, 0.15) is 0 Å². The Balaban J connectivity index is 2.45. The lowest BCUT2D eigenvalue weighted by molar-refractivity contribution is -0.384. The van der Waals surface area contributed by atoms with Crippen LogP contribution in [0.15, 0.2) is 28.8 Å². The molecule has 0 aliphatic heterocycles. The van der Waals surface area contributed by atoms with Gasteiger partial charge in [0.05, 0.1) is 4.92 Å². The van der Waals surface area contributed by atoms with Gasteiger partial charge in [0.2, 0.25) is 5.82 Å². The molecule has 0 saturated heterocycles. The lowest BCUT2D eigenvalue weighted by Gasteiger charge is -1.93. The van der Waals surface area contributed by atoms with Crippen molar-refractivity contribution >= 4 is 5.69 Å². The summed E-state index contributed by atoms with van der Waals surface area (Å²) < 4.78 is 4.34. The molecule has 7 heteroatoms. The van der Waals surface area contributed by atoms with Gasteiger partial charge in [0, 0.05) is 17.7 Å². The van der Waals surface area contributed by atoms with E-state index in [1.165, 1.54) is 18.2 Å². The highest BCUT2D eigenvalue weighted by Gasteiger charge is 2.11. The molecule has 15 heavy (non-hydrogen) atoms. The zero-order chi connectivity index (χ0) is 10.8. The maximum absolute atomic E-state index is 10.5. The van der Waals surface area contributed by atoms with E-state index in [4.69, 9.17) is 5.11 Å². The minimum absolute atomic E-state index is 0.0724. The van der Waals surface area contributed by atoms with Crippen LogP contribution in [0.25, 0.3) is 11.4 Å². The molecule has 2 aromatic rings. The summed E-state index contributed by atoms with van der Waals surface area (Å²) in [5, 5.41) is 22.7. The van der Waals surface area contributed by atoms with Crippen molar-refractivity contribution in [3.05, 3.63) is 34.4 Å². The van der Waals surface area contributed by atoms with Crippen molar-refractivity contribution in [1.82, 2.24) is 10.1 Å². The zero-order valence-corrected chi connectivity index (χ0v) is 7.32. The van der Waals surface area contributed by atoms with E-state index in [0.717, 1.165) is 0 Å². The molecular formula is C8H5N3O4. The van der Waals surface area contributed by atoms with E-state index in [1.807, 2.05) is 0 Å². The molecule has 0 saturated carbocycles. The maximum Gasteiger partial charge on any atom is 0.415 e. The molecule has 0 aliphatic rings. The average molecular weight is 207 g/mol. The average Bonchev–Trinajstić information content (AvgIpc) is 2.65. The molecule has 0 unspecified atom stereocenters. The third-order valence-electron chi connectivity index (χ3n) is 1.73. The first kappa shape index (κ1) is 9.13. The Labute approximate surface area is 83.1 Å². The number of aromatic nitrogens is 2. The van der Waals surface area contributed by atoms with Crippen molar-refractivity contribution in [2.45, 2.75) is 0 Å². The molecule has 0 bridgehead atoms. The van der Waals surface area contributed by atoms with Crippen LogP contribution in [0.2, 0.25) is 0 Å². The summed E-state index contributed by atoms with van der Waals surface area (Å²) in [6.45, 7) is 0. The summed E-state index contributed by atoms with van der Waals surface area (Å²) in [6.07, 6.45) is -0.573. The highest BCUT2D eigenvalue weighted by atomic mass is 16.6. The monoisotopic (exact) mass is 207 g/mol. The number of hydrogen-bond acceptors (Lipinski definition) is 6. The predicted octanol–water partition coefficient (Wildman–Crippen LogP) is 1.35. The molecule has 0 amide bonds. The van der Waals surface area contributed by atoms with Crippen LogP contribution in [0.1, 0.15) is 0 Å². The Morgan fingerprint density at radius 2 is 2.27 bits per heavy atom. The van der Waals surface area contributed by atoms with E-state index in [1.54, 1.807) is 6.07 Å². The molecule has 1 aromatic heterocycles. The van der Waals surface area contributed by atoms with Gasteiger partial charge in [0.15, 0.2) is 0 Å². The lowest BCUT2D eigenvalue weighted by Crippen LogP contribution is -1.88. The van der Waals surface area contributed by atoms with Gasteiger partial charge in [-0.1, -0.05) is 17.3 Å². The van der Waals surface area contributed by atoms with Gasteiger partial charge < -0.3 is 5.11 Å². The van der Waals surface area contributed by atoms with Crippen molar-refractivity contribution in [2.24, 2.45) is 0 Å². The van der Waals surface area contributed by atoms with Crippen LogP contribution >= 0.6 is 0 Å². The van der Waals surface area contributed by atoms with Gasteiger partial charge >= 0.3 is 6.08 Å². The van der Waals surface area contributed by atoms with Crippen LogP contribution in [0.3, 0.4) is 0 Å². The topological polar surface area (TPSA) is 102 Å². The van der Waals surface area contributed by atoms with Gasteiger partial charge in [-0.05, 0) is 0 Å². The number of rotatable bonds is 2. The van der Waals surface area contributed by atoms with Crippen LogP contribution < -0.4 is 0 Å². The number of non-ortho nitro benzene ring substituents is 1. The first-order valence-electron chi connectivity index (χ1n) is 3.94. The second kappa shape index (κ2) is 3.37. The molecule has 1 heterocycles. The van der Waals surface area contributed by atoms with Crippen LogP contribution in [-0.4, -0.2) is 20.2 Å². The SMILES string of the molecule is O=[N+]([O-])c1cccc(-c2noc(O)n2)c1. The van der Waals surface area contributed by atoms with Gasteiger partial charge in [-0.15, -0.1) is 0 Å². The summed E-state index contributed by atoms with van der Waals surface area (Å²) in [6, 6.07) is 5.73. The van der Waals surface area contributed by atoms with Crippen LogP contribution in [-0.2, 0) is 0 Å². The fourth-order valence-corrected chi connectivity index (χ4v) is 1.09. The summed E-state index contributed by atoms with van der Waals surface area (Å²) in [4.78, 5) is 13.5. The Bertz CT molecular complexity index is 508. The van der Waals surface area contributed by atoms with Gasteiger partial charge in [0.25, 0.3) is 5.69 Å². The van der Waals surface area contributed by atoms with Crippen molar-refractivity contribution in [1.29, 1.82) is 0 Å². The highest BCUT2D eigenvalue weighted by Crippen LogP contribution is 2.22. The van der Waals surface area contributed by atoms with Crippen LogP contribution in [0.5, 0.6) is 6.08 Å². The molecule has 0 fully saturated rings. The molecule has 0 aliphatic carbocycles. The van der Waals surface area contributed by atoms with E-state index in [2.05, 4.69) is 14.7 Å². The Kier molecular flexibility index (Phi) is 2.05. The first-order valence-corrected chi connectivity index (χ1v) is 3.94. The molecule has 7 nitrogen and oxygen atoms in total. The maximum atomic E-state index is 10.5. The number of hydrogen-bond donors (Lipinski definition) is 1. The fourth-order valence-electron chi connectivity index (χ4n) is 1.09. The lowest BCUT2D eigenvalue weighted by atomic mass is 10.2. The molecular weight excluding hydrogens is 202 g/mol. The van der Waals surface area contributed by atoms with Crippen molar-refractivity contribution in [3.63, 3.8) is 0 Å². The smallest absolute Gasteiger partial charge is 0.415 e. The van der Waals surface area contributed by atoms with Crippen molar-refractivity contribution < 1.29 is 14.6 Å². The largest absolute Gasteiger partial charge is 0.464 e. The zero-order valence-electron chi connectivity index (χ0n) is 7.32. The Morgan fingerprint density at radius 3 is 2.87 bits per heavy atom. The molecule has 76 valence electrons. The number of aromatic hydroxyl groups is 1. The third-order valence-corrected chi connectivity index (χ3v) is 1.73. The Morgan fingerprint density at radius 1 is 1.47 bits per heavy atom. The van der Waals surface area contributed by atoms with Crippen LogP contribution in [0.4, 0.5) is 5.69 Å². The normalized spacial score (nSPS) is 10.1. The van der Waals surface area contributed by atoms with Gasteiger partial charge in [-0.2, -0.15) is 4.98 Å². The summed E-state index contributed by atoms with van der Waals surface area (Å²) in [7, 11) is 0. The number of nitrogens with zero attached hydrogens (tertiary/aromatic N) is 3. The standard InChI is InChI=1S/C8H5N3O4/c12-8-9-7(10-15-8)5-2-1-3-6(4-5)11(13)14/h1-4H,(H,9,10,12). The summed E-state index contributed by atoms with van der Waals surface area (Å²) in [5.74, 6) is 0.108. The summed E-state index contributed by atoms with van der Waals surface area (Å²) >= 11 is 0. The predicted molar refractivity (Wildman–Crippen MR) is 48.1 cm³/mol.